The molecule has 27 heavy (non-hydrogen) atoms. The Morgan fingerprint density at radius 2 is 1.67 bits per heavy atom. The van der Waals surface area contributed by atoms with Gasteiger partial charge in [0.05, 0.1) is 6.54 Å². The summed E-state index contributed by atoms with van der Waals surface area (Å²) < 4.78 is 12.9. The molecule has 1 aliphatic rings. The van der Waals surface area contributed by atoms with Crippen molar-refractivity contribution in [2.45, 2.75) is 13.0 Å². The predicted molar refractivity (Wildman–Crippen MR) is 102 cm³/mol. The van der Waals surface area contributed by atoms with Crippen molar-refractivity contribution in [3.05, 3.63) is 71.5 Å². The molecule has 0 saturated carbocycles. The van der Waals surface area contributed by atoms with Crippen LogP contribution in [0.15, 0.2) is 54.6 Å². The number of nitrogens with zero attached hydrogens (tertiary/aromatic N) is 2. The van der Waals surface area contributed by atoms with Gasteiger partial charge >= 0.3 is 0 Å². The van der Waals surface area contributed by atoms with Gasteiger partial charge in [-0.2, -0.15) is 0 Å². The molecule has 0 unspecified atom stereocenters. The van der Waals surface area contributed by atoms with Crippen molar-refractivity contribution in [3.8, 4) is 0 Å². The zero-order chi connectivity index (χ0) is 19.1. The lowest BCUT2D eigenvalue weighted by Gasteiger charge is -2.22. The Hall–Kier alpha value is -2.73. The van der Waals surface area contributed by atoms with Crippen molar-refractivity contribution in [1.29, 1.82) is 0 Å². The van der Waals surface area contributed by atoms with Crippen molar-refractivity contribution in [2.24, 2.45) is 0 Å². The minimum Gasteiger partial charge on any atom is -0.343 e. The van der Waals surface area contributed by atoms with Crippen LogP contribution < -0.4 is 5.32 Å². The van der Waals surface area contributed by atoms with E-state index in [9.17, 15) is 14.0 Å². The van der Waals surface area contributed by atoms with E-state index in [0.717, 1.165) is 26.1 Å². The molecule has 0 aliphatic carbocycles. The Kier molecular flexibility index (Phi) is 6.54. The lowest BCUT2D eigenvalue weighted by molar-refractivity contribution is -0.130. The van der Waals surface area contributed by atoms with Crippen LogP contribution in [0, 0.1) is 5.82 Å². The first-order valence-corrected chi connectivity index (χ1v) is 9.19. The highest BCUT2D eigenvalue weighted by Crippen LogP contribution is 2.09. The lowest BCUT2D eigenvalue weighted by Crippen LogP contribution is -2.42. The molecular weight excluding hydrogens is 345 g/mol. The third kappa shape index (κ3) is 5.62. The van der Waals surface area contributed by atoms with E-state index in [1.54, 1.807) is 4.90 Å². The summed E-state index contributed by atoms with van der Waals surface area (Å²) in [7, 11) is 0. The Labute approximate surface area is 158 Å². The van der Waals surface area contributed by atoms with Gasteiger partial charge in [-0.3, -0.25) is 14.5 Å². The standard InChI is InChI=1S/C21H24FN3O2/c22-19-9-7-18(8-10-19)21(27)23-15-20(26)25-12-4-11-24(13-14-25)16-17-5-2-1-3-6-17/h1-3,5-10H,4,11-16H2,(H,23,27). The van der Waals surface area contributed by atoms with E-state index in [0.29, 0.717) is 18.7 Å². The van der Waals surface area contributed by atoms with E-state index in [4.69, 9.17) is 0 Å². The van der Waals surface area contributed by atoms with Crippen LogP contribution in [0.4, 0.5) is 4.39 Å². The van der Waals surface area contributed by atoms with Crippen molar-refractivity contribution in [1.82, 2.24) is 15.1 Å². The maximum absolute atomic E-state index is 12.9. The molecule has 1 heterocycles. The van der Waals surface area contributed by atoms with E-state index < -0.39 is 5.82 Å². The Morgan fingerprint density at radius 3 is 2.41 bits per heavy atom. The molecule has 2 aromatic carbocycles. The highest BCUT2D eigenvalue weighted by atomic mass is 19.1. The zero-order valence-corrected chi connectivity index (χ0v) is 15.2. The third-order valence-electron chi connectivity index (χ3n) is 4.70. The molecule has 0 bridgehead atoms. The van der Waals surface area contributed by atoms with Crippen LogP contribution in [0.5, 0.6) is 0 Å². The lowest BCUT2D eigenvalue weighted by atomic mass is 10.2. The summed E-state index contributed by atoms with van der Waals surface area (Å²) in [6, 6.07) is 15.6. The Bertz CT molecular complexity index is 765. The topological polar surface area (TPSA) is 52.7 Å². The first kappa shape index (κ1) is 19.0. The largest absolute Gasteiger partial charge is 0.343 e. The second-order valence-electron chi connectivity index (χ2n) is 6.69. The molecule has 2 aromatic rings. The molecule has 5 nitrogen and oxygen atoms in total. The molecule has 1 N–H and O–H groups in total. The number of nitrogens with one attached hydrogen (secondary N) is 1. The van der Waals surface area contributed by atoms with E-state index in [-0.39, 0.29) is 18.4 Å². The van der Waals surface area contributed by atoms with Crippen molar-refractivity contribution < 1.29 is 14.0 Å². The van der Waals surface area contributed by atoms with Crippen molar-refractivity contribution in [2.75, 3.05) is 32.7 Å². The van der Waals surface area contributed by atoms with Gasteiger partial charge in [0.1, 0.15) is 5.82 Å². The van der Waals surface area contributed by atoms with Crippen LogP contribution in [0.3, 0.4) is 0 Å². The van der Waals surface area contributed by atoms with Gasteiger partial charge in [-0.1, -0.05) is 30.3 Å². The maximum Gasteiger partial charge on any atom is 0.251 e. The van der Waals surface area contributed by atoms with Gasteiger partial charge in [0.15, 0.2) is 0 Å². The molecule has 0 spiro atoms. The SMILES string of the molecule is O=C(NCC(=O)N1CCCN(Cc2ccccc2)CC1)c1ccc(F)cc1. The van der Waals surface area contributed by atoms with Gasteiger partial charge in [0.2, 0.25) is 5.91 Å². The summed E-state index contributed by atoms with van der Waals surface area (Å²) >= 11 is 0. The highest BCUT2D eigenvalue weighted by Gasteiger charge is 2.19. The molecule has 2 amide bonds. The Balaban J connectivity index is 1.46. The van der Waals surface area contributed by atoms with Crippen molar-refractivity contribution in [3.63, 3.8) is 0 Å². The molecule has 1 aliphatic heterocycles. The van der Waals surface area contributed by atoms with Gasteiger partial charge in [-0.15, -0.1) is 0 Å². The number of amides is 2. The average molecular weight is 369 g/mol. The van der Waals surface area contributed by atoms with Crippen LogP contribution in [0.2, 0.25) is 0 Å². The van der Waals surface area contributed by atoms with Gasteiger partial charge in [-0.05, 0) is 36.2 Å². The van der Waals surface area contributed by atoms with E-state index in [2.05, 4.69) is 22.3 Å². The summed E-state index contributed by atoms with van der Waals surface area (Å²) in [5.41, 5.74) is 1.61. The average Bonchev–Trinajstić information content (AvgIpc) is 2.93. The quantitative estimate of drug-likeness (QED) is 0.880. The summed E-state index contributed by atoms with van der Waals surface area (Å²) in [6.45, 7) is 3.93. The number of carbonyl (C=O) groups excluding carboxylic acids is 2. The normalized spacial score (nSPS) is 15.2. The Morgan fingerprint density at radius 1 is 0.926 bits per heavy atom. The number of carbonyl (C=O) groups is 2. The fourth-order valence-electron chi connectivity index (χ4n) is 3.19. The number of hydrogen-bond donors (Lipinski definition) is 1. The fraction of sp³-hybridized carbons (Fsp3) is 0.333. The number of hydrogen-bond acceptors (Lipinski definition) is 3. The molecular formula is C21H24FN3O2. The smallest absolute Gasteiger partial charge is 0.251 e. The summed E-state index contributed by atoms with van der Waals surface area (Å²) in [5, 5.41) is 2.62. The maximum atomic E-state index is 12.9. The molecule has 3 rings (SSSR count). The van der Waals surface area contributed by atoms with Gasteiger partial charge in [0.25, 0.3) is 5.91 Å². The van der Waals surface area contributed by atoms with Crippen LogP contribution >= 0.6 is 0 Å². The first-order chi connectivity index (χ1) is 13.1. The molecule has 142 valence electrons. The molecule has 1 fully saturated rings. The minimum atomic E-state index is -0.396. The number of rotatable bonds is 5. The monoisotopic (exact) mass is 369 g/mol. The van der Waals surface area contributed by atoms with Crippen LogP contribution in [0.25, 0.3) is 0 Å². The highest BCUT2D eigenvalue weighted by molar-refractivity contribution is 5.96. The molecule has 0 atom stereocenters. The summed E-state index contributed by atoms with van der Waals surface area (Å²) in [6.07, 6.45) is 0.907. The molecule has 6 heteroatoms. The third-order valence-corrected chi connectivity index (χ3v) is 4.70. The molecule has 0 radical (unpaired) electrons. The van der Waals surface area contributed by atoms with Crippen LogP contribution in [-0.2, 0) is 11.3 Å². The van der Waals surface area contributed by atoms with Gasteiger partial charge in [-0.25, -0.2) is 4.39 Å². The second kappa shape index (κ2) is 9.28. The molecule has 1 saturated heterocycles. The molecule has 0 aromatic heterocycles. The first-order valence-electron chi connectivity index (χ1n) is 9.19. The van der Waals surface area contributed by atoms with Gasteiger partial charge in [0, 0.05) is 38.3 Å². The van der Waals surface area contributed by atoms with Crippen LogP contribution in [0.1, 0.15) is 22.3 Å². The van der Waals surface area contributed by atoms with E-state index in [1.807, 2.05) is 18.2 Å². The predicted octanol–water partition coefficient (Wildman–Crippen LogP) is 2.29. The minimum absolute atomic E-state index is 0.0467. The van der Waals surface area contributed by atoms with Crippen LogP contribution in [-0.4, -0.2) is 54.3 Å². The van der Waals surface area contributed by atoms with Crippen molar-refractivity contribution >= 4 is 11.8 Å². The number of halogens is 1. The number of benzene rings is 2. The summed E-state index contributed by atoms with van der Waals surface area (Å²) in [5.74, 6) is -0.858. The summed E-state index contributed by atoms with van der Waals surface area (Å²) in [4.78, 5) is 28.6. The zero-order valence-electron chi connectivity index (χ0n) is 15.2. The fourth-order valence-corrected chi connectivity index (χ4v) is 3.19. The van der Waals surface area contributed by atoms with E-state index >= 15 is 0 Å². The second-order valence-corrected chi connectivity index (χ2v) is 6.69. The van der Waals surface area contributed by atoms with E-state index in [1.165, 1.54) is 29.8 Å². The van der Waals surface area contributed by atoms with Gasteiger partial charge < -0.3 is 10.2 Å².